The second-order valence-corrected chi connectivity index (χ2v) is 6.19. The maximum Gasteiger partial charge on any atom is 0.242 e. The number of amides is 2. The number of rotatable bonds is 11. The molecule has 1 N–H and O–H groups in total. The molecule has 0 heterocycles. The molecule has 0 spiro atoms. The van der Waals surface area contributed by atoms with Crippen LogP contribution in [0.15, 0.2) is 24.3 Å². The molecule has 5 nitrogen and oxygen atoms in total. The summed E-state index contributed by atoms with van der Waals surface area (Å²) < 4.78 is 5.18. The molecule has 0 aliphatic carbocycles. The second-order valence-electron chi connectivity index (χ2n) is 6.19. The Bertz CT molecular complexity index is 528. The van der Waals surface area contributed by atoms with Gasteiger partial charge in [-0.3, -0.25) is 9.59 Å². The molecule has 0 radical (unpaired) electrons. The number of carbonyl (C=O) groups excluding carboxylic acids is 2. The van der Waals surface area contributed by atoms with Crippen molar-refractivity contribution in [3.8, 4) is 5.75 Å². The molecule has 1 aromatic rings. The second kappa shape index (κ2) is 11.5. The standard InChI is InChI=1S/C20H32N2O3/c1-5-8-14-21-20(24)18(7-3)22(19(23)9-6-2)15-16-10-12-17(25-4)13-11-16/h10-13,18H,5-9,14-15H2,1-4H3,(H,21,24). The lowest BCUT2D eigenvalue weighted by Crippen LogP contribution is -2.49. The van der Waals surface area contributed by atoms with Crippen LogP contribution in [0.3, 0.4) is 0 Å². The van der Waals surface area contributed by atoms with Crippen molar-refractivity contribution in [3.63, 3.8) is 0 Å². The number of carbonyl (C=O) groups is 2. The van der Waals surface area contributed by atoms with Crippen LogP contribution in [0.4, 0.5) is 0 Å². The van der Waals surface area contributed by atoms with Crippen LogP contribution in [0.5, 0.6) is 5.75 Å². The first-order chi connectivity index (χ1) is 12.1. The predicted molar refractivity (Wildman–Crippen MR) is 100 cm³/mol. The summed E-state index contributed by atoms with van der Waals surface area (Å²) in [6.45, 7) is 7.10. The number of unbranched alkanes of at least 4 members (excludes halogenated alkanes) is 1. The van der Waals surface area contributed by atoms with Crippen LogP contribution in [-0.2, 0) is 16.1 Å². The maximum absolute atomic E-state index is 12.6. The third-order valence-corrected chi connectivity index (χ3v) is 4.19. The van der Waals surface area contributed by atoms with Crippen molar-refractivity contribution in [2.24, 2.45) is 0 Å². The summed E-state index contributed by atoms with van der Waals surface area (Å²) in [5.74, 6) is 0.740. The van der Waals surface area contributed by atoms with E-state index in [4.69, 9.17) is 4.74 Å². The Morgan fingerprint density at radius 1 is 1.12 bits per heavy atom. The smallest absolute Gasteiger partial charge is 0.242 e. The molecule has 0 aliphatic rings. The molecule has 1 unspecified atom stereocenters. The summed E-state index contributed by atoms with van der Waals surface area (Å²) in [5, 5.41) is 2.96. The molecule has 5 heteroatoms. The minimum atomic E-state index is -0.432. The van der Waals surface area contributed by atoms with Gasteiger partial charge in [0.1, 0.15) is 11.8 Å². The lowest BCUT2D eigenvalue weighted by atomic mass is 10.1. The number of nitrogens with zero attached hydrogens (tertiary/aromatic N) is 1. The molecule has 0 saturated heterocycles. The summed E-state index contributed by atoms with van der Waals surface area (Å²) in [5.41, 5.74) is 0.991. The molecule has 0 aromatic heterocycles. The van der Waals surface area contributed by atoms with Crippen molar-refractivity contribution in [2.75, 3.05) is 13.7 Å². The van der Waals surface area contributed by atoms with E-state index in [2.05, 4.69) is 12.2 Å². The molecular formula is C20H32N2O3. The molecule has 0 bridgehead atoms. The molecule has 1 aromatic carbocycles. The number of hydrogen-bond donors (Lipinski definition) is 1. The summed E-state index contributed by atoms with van der Waals surface area (Å²) in [6.07, 6.45) is 3.80. The fourth-order valence-electron chi connectivity index (χ4n) is 2.71. The number of benzene rings is 1. The van der Waals surface area contributed by atoms with Gasteiger partial charge < -0.3 is 15.0 Å². The van der Waals surface area contributed by atoms with Crippen LogP contribution in [0, 0.1) is 0 Å². The lowest BCUT2D eigenvalue weighted by Gasteiger charge is -2.30. The SMILES string of the molecule is CCCCNC(=O)C(CC)N(Cc1ccc(OC)cc1)C(=O)CCC. The van der Waals surface area contributed by atoms with Gasteiger partial charge in [0.2, 0.25) is 11.8 Å². The zero-order valence-electron chi connectivity index (χ0n) is 16.0. The first-order valence-electron chi connectivity index (χ1n) is 9.27. The topological polar surface area (TPSA) is 58.6 Å². The van der Waals surface area contributed by atoms with Gasteiger partial charge in [-0.05, 0) is 37.0 Å². The molecule has 140 valence electrons. The first-order valence-corrected chi connectivity index (χ1v) is 9.27. The van der Waals surface area contributed by atoms with Gasteiger partial charge in [0.05, 0.1) is 7.11 Å². The van der Waals surface area contributed by atoms with E-state index in [1.165, 1.54) is 0 Å². The summed E-state index contributed by atoms with van der Waals surface area (Å²) in [4.78, 5) is 26.9. The van der Waals surface area contributed by atoms with E-state index in [0.717, 1.165) is 30.6 Å². The molecule has 1 atom stereocenters. The average Bonchev–Trinajstić information content (AvgIpc) is 2.62. The Kier molecular flexibility index (Phi) is 9.66. The van der Waals surface area contributed by atoms with E-state index < -0.39 is 6.04 Å². The maximum atomic E-state index is 12.6. The minimum absolute atomic E-state index is 0.0239. The van der Waals surface area contributed by atoms with E-state index in [0.29, 0.717) is 25.9 Å². The molecule has 0 aliphatic heterocycles. The highest BCUT2D eigenvalue weighted by Gasteiger charge is 2.27. The van der Waals surface area contributed by atoms with Gasteiger partial charge in [-0.2, -0.15) is 0 Å². The average molecular weight is 348 g/mol. The van der Waals surface area contributed by atoms with Crippen molar-refractivity contribution >= 4 is 11.8 Å². The zero-order valence-corrected chi connectivity index (χ0v) is 16.0. The van der Waals surface area contributed by atoms with Gasteiger partial charge in [-0.25, -0.2) is 0 Å². The van der Waals surface area contributed by atoms with Crippen molar-refractivity contribution in [1.29, 1.82) is 0 Å². The highest BCUT2D eigenvalue weighted by atomic mass is 16.5. The van der Waals surface area contributed by atoms with E-state index in [1.807, 2.05) is 38.1 Å². The Morgan fingerprint density at radius 3 is 2.32 bits per heavy atom. The van der Waals surface area contributed by atoms with Gasteiger partial charge in [0.15, 0.2) is 0 Å². The quantitative estimate of drug-likeness (QED) is 0.623. The molecule has 0 fully saturated rings. The minimum Gasteiger partial charge on any atom is -0.497 e. The third-order valence-electron chi connectivity index (χ3n) is 4.19. The first kappa shape index (κ1) is 21.0. The third kappa shape index (κ3) is 6.77. The fraction of sp³-hybridized carbons (Fsp3) is 0.600. The summed E-state index contributed by atoms with van der Waals surface area (Å²) in [7, 11) is 1.62. The van der Waals surface area contributed by atoms with Crippen molar-refractivity contribution in [2.45, 2.75) is 65.5 Å². The van der Waals surface area contributed by atoms with Crippen LogP contribution in [-0.4, -0.2) is 36.4 Å². The lowest BCUT2D eigenvalue weighted by molar-refractivity contribution is -0.141. The van der Waals surface area contributed by atoms with Crippen molar-refractivity contribution in [1.82, 2.24) is 10.2 Å². The summed E-state index contributed by atoms with van der Waals surface area (Å²) >= 11 is 0. The highest BCUT2D eigenvalue weighted by Crippen LogP contribution is 2.17. The van der Waals surface area contributed by atoms with Crippen LogP contribution < -0.4 is 10.1 Å². The van der Waals surface area contributed by atoms with Gasteiger partial charge in [0, 0.05) is 19.5 Å². The Labute approximate surface area is 151 Å². The molecule has 1 rings (SSSR count). The normalized spacial score (nSPS) is 11.7. The molecule has 25 heavy (non-hydrogen) atoms. The number of hydrogen-bond acceptors (Lipinski definition) is 3. The van der Waals surface area contributed by atoms with Gasteiger partial charge in [-0.1, -0.05) is 39.3 Å². The predicted octanol–water partition coefficient (Wildman–Crippen LogP) is 3.52. The molecule has 0 saturated carbocycles. The van der Waals surface area contributed by atoms with Crippen LogP contribution in [0.2, 0.25) is 0 Å². The zero-order chi connectivity index (χ0) is 18.7. The number of ether oxygens (including phenoxy) is 1. The summed E-state index contributed by atoms with van der Waals surface area (Å²) in [6, 6.07) is 7.19. The Balaban J connectivity index is 2.91. The Morgan fingerprint density at radius 2 is 1.80 bits per heavy atom. The van der Waals surface area contributed by atoms with Crippen LogP contribution in [0.25, 0.3) is 0 Å². The highest BCUT2D eigenvalue weighted by molar-refractivity contribution is 5.87. The fourth-order valence-corrected chi connectivity index (χ4v) is 2.71. The number of nitrogens with one attached hydrogen (secondary N) is 1. The monoisotopic (exact) mass is 348 g/mol. The largest absolute Gasteiger partial charge is 0.497 e. The molecule has 2 amide bonds. The number of methoxy groups -OCH3 is 1. The van der Waals surface area contributed by atoms with E-state index in [9.17, 15) is 9.59 Å². The van der Waals surface area contributed by atoms with Crippen LogP contribution in [0.1, 0.15) is 58.4 Å². The van der Waals surface area contributed by atoms with E-state index in [-0.39, 0.29) is 11.8 Å². The van der Waals surface area contributed by atoms with Crippen LogP contribution >= 0.6 is 0 Å². The van der Waals surface area contributed by atoms with E-state index in [1.54, 1.807) is 12.0 Å². The molecular weight excluding hydrogens is 316 g/mol. The van der Waals surface area contributed by atoms with Gasteiger partial charge >= 0.3 is 0 Å². The van der Waals surface area contributed by atoms with Gasteiger partial charge in [-0.15, -0.1) is 0 Å². The Hall–Kier alpha value is -2.04. The van der Waals surface area contributed by atoms with Crippen molar-refractivity contribution in [3.05, 3.63) is 29.8 Å². The van der Waals surface area contributed by atoms with Gasteiger partial charge in [0.25, 0.3) is 0 Å². The van der Waals surface area contributed by atoms with E-state index >= 15 is 0 Å². The van der Waals surface area contributed by atoms with Crippen molar-refractivity contribution < 1.29 is 14.3 Å².